The van der Waals surface area contributed by atoms with Gasteiger partial charge in [-0.2, -0.15) is 0 Å². The van der Waals surface area contributed by atoms with Crippen LogP contribution in [0.3, 0.4) is 0 Å². The molecule has 2 aromatic rings. The summed E-state index contributed by atoms with van der Waals surface area (Å²) in [6.07, 6.45) is 0.270. The van der Waals surface area contributed by atoms with Crippen LogP contribution < -0.4 is 0 Å². The van der Waals surface area contributed by atoms with Crippen LogP contribution in [0.25, 0.3) is 5.70 Å². The Morgan fingerprint density at radius 2 is 1.96 bits per heavy atom. The second-order valence-electron chi connectivity index (χ2n) is 5.81. The van der Waals surface area contributed by atoms with Crippen LogP contribution in [0, 0.1) is 0 Å². The van der Waals surface area contributed by atoms with E-state index in [2.05, 4.69) is 6.58 Å². The van der Waals surface area contributed by atoms with Crippen molar-refractivity contribution in [3.63, 3.8) is 0 Å². The Morgan fingerprint density at radius 1 is 1.24 bits per heavy atom. The number of rotatable bonds is 6. The number of amides is 2. The minimum absolute atomic E-state index is 0.0172. The average Bonchev–Trinajstić information content (AvgIpc) is 3.13. The molecule has 2 heterocycles. The topological polar surface area (TPSA) is 40.6 Å². The van der Waals surface area contributed by atoms with Crippen molar-refractivity contribution in [3.05, 3.63) is 63.3 Å². The van der Waals surface area contributed by atoms with Crippen LogP contribution in [0.2, 0.25) is 4.34 Å². The van der Waals surface area contributed by atoms with Crippen molar-refractivity contribution in [1.29, 1.82) is 0 Å². The lowest BCUT2D eigenvalue weighted by atomic mass is 10.1. The van der Waals surface area contributed by atoms with E-state index in [4.69, 9.17) is 11.6 Å². The molecule has 0 fully saturated rings. The maximum atomic E-state index is 12.6. The molecule has 1 aliphatic rings. The minimum Gasteiger partial charge on any atom is -0.338 e. The monoisotopic (exact) mass is 374 g/mol. The van der Waals surface area contributed by atoms with Gasteiger partial charge in [-0.1, -0.05) is 36.4 Å². The largest absolute Gasteiger partial charge is 0.338 e. The van der Waals surface area contributed by atoms with Gasteiger partial charge in [-0.3, -0.25) is 9.59 Å². The summed E-state index contributed by atoms with van der Waals surface area (Å²) in [7, 11) is 0. The number of hydrogen-bond acceptors (Lipinski definition) is 3. The lowest BCUT2D eigenvalue weighted by Gasteiger charge is -2.22. The van der Waals surface area contributed by atoms with Gasteiger partial charge in [-0.05, 0) is 25.1 Å². The van der Waals surface area contributed by atoms with E-state index in [1.165, 1.54) is 11.3 Å². The van der Waals surface area contributed by atoms with E-state index < -0.39 is 0 Å². The molecule has 6 heteroatoms. The van der Waals surface area contributed by atoms with Crippen LogP contribution >= 0.6 is 22.9 Å². The lowest BCUT2D eigenvalue weighted by Crippen LogP contribution is -2.34. The highest BCUT2D eigenvalue weighted by Crippen LogP contribution is 2.31. The van der Waals surface area contributed by atoms with Crippen LogP contribution in [0.1, 0.15) is 34.1 Å². The molecule has 25 heavy (non-hydrogen) atoms. The summed E-state index contributed by atoms with van der Waals surface area (Å²) in [5.74, 6) is -0.0648. The van der Waals surface area contributed by atoms with E-state index in [1.54, 1.807) is 15.9 Å². The number of nitrogens with zero attached hydrogens (tertiary/aromatic N) is 2. The zero-order chi connectivity index (χ0) is 18.0. The third-order valence-electron chi connectivity index (χ3n) is 4.30. The zero-order valence-electron chi connectivity index (χ0n) is 14.0. The van der Waals surface area contributed by atoms with Gasteiger partial charge in [-0.25, -0.2) is 0 Å². The summed E-state index contributed by atoms with van der Waals surface area (Å²) in [4.78, 5) is 29.5. The molecule has 0 spiro atoms. The number of halogens is 1. The standard InChI is InChI=1S/C19H19ClN2O2S/c1-3-21(12-14-8-9-17(20)25-14)18(23)10-11-22-13(2)15-6-4-5-7-16(15)19(22)24/h4-9H,2-3,10-12H2,1H3. The molecule has 1 aromatic carbocycles. The fourth-order valence-electron chi connectivity index (χ4n) is 2.94. The normalized spacial score (nSPS) is 13.3. The van der Waals surface area contributed by atoms with Gasteiger partial charge in [0, 0.05) is 41.2 Å². The van der Waals surface area contributed by atoms with Crippen molar-refractivity contribution in [2.75, 3.05) is 13.1 Å². The molecule has 4 nitrogen and oxygen atoms in total. The van der Waals surface area contributed by atoms with Crippen molar-refractivity contribution in [3.8, 4) is 0 Å². The molecular weight excluding hydrogens is 356 g/mol. The van der Waals surface area contributed by atoms with E-state index in [0.717, 1.165) is 14.8 Å². The maximum absolute atomic E-state index is 12.6. The van der Waals surface area contributed by atoms with Crippen LogP contribution in [0.4, 0.5) is 0 Å². The molecule has 0 N–H and O–H groups in total. The molecule has 0 atom stereocenters. The number of fused-ring (bicyclic) bond motifs is 1. The van der Waals surface area contributed by atoms with Gasteiger partial charge >= 0.3 is 0 Å². The Bertz CT molecular complexity index is 795. The van der Waals surface area contributed by atoms with E-state index in [-0.39, 0.29) is 18.2 Å². The van der Waals surface area contributed by atoms with Gasteiger partial charge in [0.1, 0.15) is 0 Å². The Labute approximate surface area is 156 Å². The molecule has 0 bridgehead atoms. The molecule has 0 saturated carbocycles. The Kier molecular flexibility index (Phi) is 5.25. The van der Waals surface area contributed by atoms with Crippen molar-refractivity contribution in [2.45, 2.75) is 19.9 Å². The van der Waals surface area contributed by atoms with E-state index in [9.17, 15) is 9.59 Å². The maximum Gasteiger partial charge on any atom is 0.258 e. The first-order valence-electron chi connectivity index (χ1n) is 8.13. The highest BCUT2D eigenvalue weighted by atomic mass is 35.5. The molecule has 0 saturated heterocycles. The first-order valence-corrected chi connectivity index (χ1v) is 9.33. The summed E-state index contributed by atoms with van der Waals surface area (Å²) in [6, 6.07) is 11.2. The molecule has 0 aliphatic carbocycles. The fraction of sp³-hybridized carbons (Fsp3) is 0.263. The predicted molar refractivity (Wildman–Crippen MR) is 102 cm³/mol. The molecule has 0 radical (unpaired) electrons. The van der Waals surface area contributed by atoms with Crippen LogP contribution in [-0.2, 0) is 11.3 Å². The quantitative estimate of drug-likeness (QED) is 0.757. The molecule has 3 rings (SSSR count). The second kappa shape index (κ2) is 7.42. The van der Waals surface area contributed by atoms with Gasteiger partial charge in [0.25, 0.3) is 5.91 Å². The molecule has 0 unspecified atom stereocenters. The number of thiophene rings is 1. The smallest absolute Gasteiger partial charge is 0.258 e. The predicted octanol–water partition coefficient (Wildman–Crippen LogP) is 4.27. The number of carbonyl (C=O) groups is 2. The van der Waals surface area contributed by atoms with Gasteiger partial charge in [0.15, 0.2) is 0 Å². The highest BCUT2D eigenvalue weighted by molar-refractivity contribution is 7.16. The zero-order valence-corrected chi connectivity index (χ0v) is 15.6. The second-order valence-corrected chi connectivity index (χ2v) is 7.61. The number of hydrogen-bond donors (Lipinski definition) is 0. The SMILES string of the molecule is C=C1c2ccccc2C(=O)N1CCC(=O)N(CC)Cc1ccc(Cl)s1. The lowest BCUT2D eigenvalue weighted by molar-refractivity contribution is -0.131. The van der Waals surface area contributed by atoms with Gasteiger partial charge in [0.05, 0.1) is 10.9 Å². The Hall–Kier alpha value is -2.11. The minimum atomic E-state index is -0.0820. The summed E-state index contributed by atoms with van der Waals surface area (Å²) in [5, 5.41) is 0. The average molecular weight is 375 g/mol. The molecular formula is C19H19ClN2O2S. The van der Waals surface area contributed by atoms with E-state index in [0.29, 0.717) is 30.9 Å². The first-order chi connectivity index (χ1) is 12.0. The van der Waals surface area contributed by atoms with E-state index >= 15 is 0 Å². The van der Waals surface area contributed by atoms with Gasteiger partial charge in [-0.15, -0.1) is 11.3 Å². The fourth-order valence-corrected chi connectivity index (χ4v) is 4.04. The summed E-state index contributed by atoms with van der Waals surface area (Å²) >= 11 is 7.43. The third kappa shape index (κ3) is 3.62. The molecule has 130 valence electrons. The number of benzene rings is 1. The highest BCUT2D eigenvalue weighted by Gasteiger charge is 2.30. The van der Waals surface area contributed by atoms with Crippen molar-refractivity contribution < 1.29 is 9.59 Å². The Morgan fingerprint density at radius 3 is 2.56 bits per heavy atom. The summed E-state index contributed by atoms with van der Waals surface area (Å²) < 4.78 is 0.718. The third-order valence-corrected chi connectivity index (χ3v) is 5.51. The molecule has 2 amide bonds. The molecule has 1 aliphatic heterocycles. The van der Waals surface area contributed by atoms with Gasteiger partial charge in [0.2, 0.25) is 5.91 Å². The van der Waals surface area contributed by atoms with Gasteiger partial charge < -0.3 is 9.80 Å². The van der Waals surface area contributed by atoms with E-state index in [1.807, 2.05) is 37.3 Å². The Balaban J connectivity index is 1.62. The summed E-state index contributed by atoms with van der Waals surface area (Å²) in [5.41, 5.74) is 2.17. The van der Waals surface area contributed by atoms with Crippen molar-refractivity contribution in [2.24, 2.45) is 0 Å². The summed E-state index contributed by atoms with van der Waals surface area (Å²) in [6.45, 7) is 7.45. The number of carbonyl (C=O) groups excluding carboxylic acids is 2. The van der Waals surface area contributed by atoms with Crippen LogP contribution in [-0.4, -0.2) is 34.7 Å². The molecule has 1 aromatic heterocycles. The van der Waals surface area contributed by atoms with Crippen LogP contribution in [0.5, 0.6) is 0 Å². The van der Waals surface area contributed by atoms with Crippen molar-refractivity contribution in [1.82, 2.24) is 9.80 Å². The van der Waals surface area contributed by atoms with Crippen molar-refractivity contribution >= 4 is 40.4 Å². The first kappa shape index (κ1) is 17.7. The van der Waals surface area contributed by atoms with Crippen LogP contribution in [0.15, 0.2) is 43.0 Å².